The molecule has 21 heavy (non-hydrogen) atoms. The average molecular weight is 280 g/mol. The lowest BCUT2D eigenvalue weighted by Gasteiger charge is -2.45. The standard InChI is InChI=1S/C18H22N3/c1-5-17(3)14-9-7-8-13-10-11-20-12-19-21(16(20)15(13)14)18(17,4)6-2/h7-12H,5-6H2,1-4H3/q+1. The molecule has 0 radical (unpaired) electrons. The van der Waals surface area contributed by atoms with Gasteiger partial charge in [-0.05, 0) is 36.8 Å². The van der Waals surface area contributed by atoms with Gasteiger partial charge in [0.1, 0.15) is 5.54 Å². The molecule has 3 heteroatoms. The number of nitrogens with zero attached hydrogens (tertiary/aromatic N) is 3. The minimum Gasteiger partial charge on any atom is -0.203 e. The van der Waals surface area contributed by atoms with Crippen LogP contribution in [0.5, 0.6) is 0 Å². The lowest BCUT2D eigenvalue weighted by atomic mass is 9.62. The van der Waals surface area contributed by atoms with E-state index in [0.29, 0.717) is 0 Å². The maximum Gasteiger partial charge on any atom is 0.273 e. The van der Waals surface area contributed by atoms with Gasteiger partial charge in [-0.25, -0.2) is 4.40 Å². The molecule has 0 aliphatic carbocycles. The smallest absolute Gasteiger partial charge is 0.203 e. The van der Waals surface area contributed by atoms with Crippen molar-refractivity contribution >= 4 is 16.4 Å². The molecule has 0 spiro atoms. The third-order valence-corrected chi connectivity index (χ3v) is 6.12. The van der Waals surface area contributed by atoms with Crippen molar-refractivity contribution in [2.24, 2.45) is 0 Å². The van der Waals surface area contributed by atoms with Gasteiger partial charge in [0.2, 0.25) is 0 Å². The molecule has 2 aromatic heterocycles. The Hall–Kier alpha value is -1.90. The summed E-state index contributed by atoms with van der Waals surface area (Å²) in [4.78, 5) is 0. The highest BCUT2D eigenvalue weighted by Crippen LogP contribution is 2.51. The van der Waals surface area contributed by atoms with E-state index in [1.165, 1.54) is 22.0 Å². The molecule has 0 saturated heterocycles. The average Bonchev–Trinajstić information content (AvgIpc) is 2.96. The maximum absolute atomic E-state index is 4.76. The van der Waals surface area contributed by atoms with E-state index in [2.05, 4.69) is 67.2 Å². The molecule has 0 fully saturated rings. The van der Waals surface area contributed by atoms with Crippen molar-refractivity contribution in [3.63, 3.8) is 0 Å². The van der Waals surface area contributed by atoms with Crippen LogP contribution in [-0.4, -0.2) is 9.78 Å². The SMILES string of the molecule is CCC1(C)c2cccc3cc[n+]4cnn(c4c23)C1(C)CC. The lowest BCUT2D eigenvalue weighted by molar-refractivity contribution is -0.511. The van der Waals surface area contributed by atoms with Crippen molar-refractivity contribution < 1.29 is 4.40 Å². The zero-order chi connectivity index (χ0) is 14.8. The minimum absolute atomic E-state index is 0.000856. The predicted octanol–water partition coefficient (Wildman–Crippen LogP) is 3.58. The lowest BCUT2D eigenvalue weighted by Crippen LogP contribution is -2.52. The van der Waals surface area contributed by atoms with Gasteiger partial charge in [-0.1, -0.05) is 39.0 Å². The van der Waals surface area contributed by atoms with Crippen LogP contribution >= 0.6 is 0 Å². The van der Waals surface area contributed by atoms with Crippen LogP contribution in [0.3, 0.4) is 0 Å². The fourth-order valence-corrected chi connectivity index (χ4v) is 4.25. The molecule has 3 heterocycles. The van der Waals surface area contributed by atoms with E-state index < -0.39 is 0 Å². The number of hydrogen-bond acceptors (Lipinski definition) is 1. The van der Waals surface area contributed by atoms with Gasteiger partial charge in [-0.2, -0.15) is 0 Å². The molecule has 0 bridgehead atoms. The fourth-order valence-electron chi connectivity index (χ4n) is 4.25. The predicted molar refractivity (Wildman–Crippen MR) is 84.5 cm³/mol. The van der Waals surface area contributed by atoms with E-state index in [1.54, 1.807) is 0 Å². The van der Waals surface area contributed by atoms with Crippen molar-refractivity contribution in [2.45, 2.75) is 51.5 Å². The third kappa shape index (κ3) is 1.26. The van der Waals surface area contributed by atoms with E-state index in [4.69, 9.17) is 5.10 Å². The van der Waals surface area contributed by atoms with Gasteiger partial charge in [0.25, 0.3) is 12.0 Å². The van der Waals surface area contributed by atoms with Gasteiger partial charge in [-0.3, -0.25) is 0 Å². The molecule has 0 N–H and O–H groups in total. The Balaban J connectivity index is 2.31. The number of hydrogen-bond donors (Lipinski definition) is 0. The summed E-state index contributed by atoms with van der Waals surface area (Å²) >= 11 is 0. The van der Waals surface area contributed by atoms with E-state index >= 15 is 0 Å². The Labute approximate surface area is 125 Å². The Bertz CT molecular complexity index is 863. The van der Waals surface area contributed by atoms with Gasteiger partial charge in [-0.15, -0.1) is 4.68 Å². The number of pyridine rings is 1. The van der Waals surface area contributed by atoms with Crippen LogP contribution in [0.4, 0.5) is 0 Å². The monoisotopic (exact) mass is 280 g/mol. The van der Waals surface area contributed by atoms with Crippen LogP contribution in [-0.2, 0) is 11.0 Å². The Morgan fingerprint density at radius 1 is 1.14 bits per heavy atom. The van der Waals surface area contributed by atoms with E-state index in [9.17, 15) is 0 Å². The Morgan fingerprint density at radius 3 is 2.67 bits per heavy atom. The molecule has 3 nitrogen and oxygen atoms in total. The molecule has 0 amide bonds. The first kappa shape index (κ1) is 12.8. The summed E-state index contributed by atoms with van der Waals surface area (Å²) in [5.74, 6) is 0. The second-order valence-corrected chi connectivity index (χ2v) is 6.67. The molecule has 0 saturated carbocycles. The van der Waals surface area contributed by atoms with Crippen molar-refractivity contribution in [2.75, 3.05) is 0 Å². The molecular formula is C18H22N3+. The second-order valence-electron chi connectivity index (χ2n) is 6.67. The summed E-state index contributed by atoms with van der Waals surface area (Å²) in [5, 5.41) is 7.44. The van der Waals surface area contributed by atoms with Crippen molar-refractivity contribution in [1.29, 1.82) is 0 Å². The summed E-state index contributed by atoms with van der Waals surface area (Å²) in [6.45, 7) is 9.34. The maximum atomic E-state index is 4.76. The van der Waals surface area contributed by atoms with E-state index in [0.717, 1.165) is 12.8 Å². The summed E-state index contributed by atoms with van der Waals surface area (Å²) in [5.41, 5.74) is 2.80. The largest absolute Gasteiger partial charge is 0.273 e. The molecule has 108 valence electrons. The first-order chi connectivity index (χ1) is 10.1. The molecule has 1 aromatic carbocycles. The molecule has 2 atom stereocenters. The van der Waals surface area contributed by atoms with Gasteiger partial charge in [0.15, 0.2) is 0 Å². The normalized spacial score (nSPS) is 27.8. The minimum atomic E-state index is -0.000856. The summed E-state index contributed by atoms with van der Waals surface area (Å²) in [6, 6.07) is 8.92. The highest BCUT2D eigenvalue weighted by molar-refractivity contribution is 5.96. The number of benzene rings is 1. The molecule has 1 aliphatic heterocycles. The van der Waals surface area contributed by atoms with Crippen LogP contribution in [0.15, 0.2) is 36.8 Å². The van der Waals surface area contributed by atoms with Crippen LogP contribution in [0.25, 0.3) is 16.4 Å². The van der Waals surface area contributed by atoms with Gasteiger partial charge < -0.3 is 0 Å². The van der Waals surface area contributed by atoms with Crippen LogP contribution in [0.1, 0.15) is 46.1 Å². The van der Waals surface area contributed by atoms with E-state index in [-0.39, 0.29) is 11.0 Å². The fraction of sp³-hybridized carbons (Fsp3) is 0.444. The first-order valence-electron chi connectivity index (χ1n) is 7.88. The quantitative estimate of drug-likeness (QED) is 0.658. The van der Waals surface area contributed by atoms with Crippen LogP contribution in [0, 0.1) is 0 Å². The van der Waals surface area contributed by atoms with Crippen molar-refractivity contribution in [3.05, 3.63) is 42.4 Å². The number of rotatable bonds is 2. The Morgan fingerprint density at radius 2 is 1.95 bits per heavy atom. The summed E-state index contributed by atoms with van der Waals surface area (Å²) < 4.78 is 4.43. The highest BCUT2D eigenvalue weighted by atomic mass is 15.4. The third-order valence-electron chi connectivity index (χ3n) is 6.12. The number of aromatic nitrogens is 3. The van der Waals surface area contributed by atoms with Gasteiger partial charge in [0, 0.05) is 10.5 Å². The van der Waals surface area contributed by atoms with Crippen LogP contribution < -0.4 is 4.40 Å². The molecule has 2 unspecified atom stereocenters. The second kappa shape index (κ2) is 3.85. The summed E-state index contributed by atoms with van der Waals surface area (Å²) in [7, 11) is 0. The topological polar surface area (TPSA) is 21.9 Å². The molecular weight excluding hydrogens is 258 g/mol. The molecule has 4 rings (SSSR count). The first-order valence-corrected chi connectivity index (χ1v) is 7.88. The zero-order valence-corrected chi connectivity index (χ0v) is 13.2. The molecule has 3 aromatic rings. The van der Waals surface area contributed by atoms with Crippen LogP contribution in [0.2, 0.25) is 0 Å². The highest BCUT2D eigenvalue weighted by Gasteiger charge is 2.54. The van der Waals surface area contributed by atoms with Crippen molar-refractivity contribution in [3.8, 4) is 0 Å². The van der Waals surface area contributed by atoms with Crippen molar-refractivity contribution in [1.82, 2.24) is 9.78 Å². The summed E-state index contributed by atoms with van der Waals surface area (Å²) in [6.07, 6.45) is 6.24. The van der Waals surface area contributed by atoms with E-state index in [1.807, 2.05) is 6.33 Å². The zero-order valence-electron chi connectivity index (χ0n) is 13.2. The Kier molecular flexibility index (Phi) is 2.35. The van der Waals surface area contributed by atoms with Gasteiger partial charge in [0.05, 0.1) is 11.6 Å². The molecule has 1 aliphatic rings. The van der Waals surface area contributed by atoms with Gasteiger partial charge >= 0.3 is 0 Å².